The molecule has 1 unspecified atom stereocenters. The highest BCUT2D eigenvalue weighted by atomic mass is 16.3. The van der Waals surface area contributed by atoms with Gasteiger partial charge in [-0.25, -0.2) is 0 Å². The predicted octanol–water partition coefficient (Wildman–Crippen LogP) is -0.173. The van der Waals surface area contributed by atoms with Gasteiger partial charge in [-0.1, -0.05) is 0 Å². The lowest BCUT2D eigenvalue weighted by molar-refractivity contribution is -0.123. The summed E-state index contributed by atoms with van der Waals surface area (Å²) in [6.45, 7) is 2.62. The molecule has 1 atom stereocenters. The van der Waals surface area contributed by atoms with Crippen molar-refractivity contribution in [3.63, 3.8) is 0 Å². The first kappa shape index (κ1) is 11.5. The zero-order valence-corrected chi connectivity index (χ0v) is 8.83. The second-order valence-corrected chi connectivity index (χ2v) is 4.07. The second-order valence-electron chi connectivity index (χ2n) is 4.07. The molecule has 0 bridgehead atoms. The molecule has 1 saturated heterocycles. The van der Waals surface area contributed by atoms with Gasteiger partial charge in [0.05, 0.1) is 0 Å². The first-order valence-electron chi connectivity index (χ1n) is 5.28. The molecule has 14 heavy (non-hydrogen) atoms. The summed E-state index contributed by atoms with van der Waals surface area (Å²) in [7, 11) is 2.14. The molecule has 82 valence electrons. The van der Waals surface area contributed by atoms with E-state index >= 15 is 0 Å². The van der Waals surface area contributed by atoms with Crippen LogP contribution < -0.4 is 5.32 Å². The summed E-state index contributed by atoms with van der Waals surface area (Å²) in [4.78, 5) is 13.1. The summed E-state index contributed by atoms with van der Waals surface area (Å²) in [5.41, 5.74) is 0. The summed E-state index contributed by atoms with van der Waals surface area (Å²) in [5.74, 6) is 0.432. The van der Waals surface area contributed by atoms with Gasteiger partial charge in [0.15, 0.2) is 0 Å². The van der Waals surface area contributed by atoms with Gasteiger partial charge in [-0.15, -0.1) is 0 Å². The van der Waals surface area contributed by atoms with Gasteiger partial charge >= 0.3 is 0 Å². The third-order valence-electron chi connectivity index (χ3n) is 2.74. The van der Waals surface area contributed by atoms with Gasteiger partial charge in [0, 0.05) is 13.1 Å². The summed E-state index contributed by atoms with van der Waals surface area (Å²) >= 11 is 0. The van der Waals surface area contributed by atoms with Gasteiger partial charge in [0.2, 0.25) is 5.91 Å². The maximum Gasteiger partial charge on any atom is 0.245 e. The molecule has 0 aromatic rings. The fourth-order valence-corrected chi connectivity index (χ4v) is 1.98. The van der Waals surface area contributed by atoms with E-state index in [1.165, 1.54) is 19.4 Å². The Hall–Kier alpha value is -0.610. The van der Waals surface area contributed by atoms with Gasteiger partial charge in [0.1, 0.15) is 6.61 Å². The smallest absolute Gasteiger partial charge is 0.245 e. The Morgan fingerprint density at radius 3 is 3.07 bits per heavy atom. The van der Waals surface area contributed by atoms with Crippen molar-refractivity contribution < 1.29 is 9.90 Å². The highest BCUT2D eigenvalue weighted by molar-refractivity contribution is 5.76. The standard InChI is InChI=1S/C10H20N2O2/c1-12-6-2-3-9(7-12)4-5-11-10(14)8-13/h9,13H,2-8H2,1H3,(H,11,14). The van der Waals surface area contributed by atoms with Crippen LogP contribution >= 0.6 is 0 Å². The Morgan fingerprint density at radius 1 is 1.64 bits per heavy atom. The number of aliphatic hydroxyl groups excluding tert-OH is 1. The van der Waals surface area contributed by atoms with Crippen LogP contribution in [0.5, 0.6) is 0 Å². The average molecular weight is 200 g/mol. The number of likely N-dealkylation sites (tertiary alicyclic amines) is 1. The number of hydrogen-bond donors (Lipinski definition) is 2. The van der Waals surface area contributed by atoms with Crippen molar-refractivity contribution in [2.75, 3.05) is 33.3 Å². The third kappa shape index (κ3) is 4.07. The van der Waals surface area contributed by atoms with E-state index in [-0.39, 0.29) is 5.91 Å². The molecule has 1 amide bonds. The lowest BCUT2D eigenvalue weighted by Gasteiger charge is -2.29. The molecule has 0 aromatic carbocycles. The van der Waals surface area contributed by atoms with Crippen LogP contribution in [0.4, 0.5) is 0 Å². The Labute approximate surface area is 85.3 Å². The maximum atomic E-state index is 10.7. The molecular weight excluding hydrogens is 180 g/mol. The topological polar surface area (TPSA) is 52.6 Å². The molecule has 4 nitrogen and oxygen atoms in total. The Kier molecular flexibility index (Phi) is 4.90. The molecule has 0 aliphatic carbocycles. The minimum absolute atomic E-state index is 0.269. The van der Waals surface area contributed by atoms with Crippen molar-refractivity contribution in [2.45, 2.75) is 19.3 Å². The lowest BCUT2D eigenvalue weighted by Crippen LogP contribution is -2.35. The van der Waals surface area contributed by atoms with E-state index in [1.54, 1.807) is 0 Å². The van der Waals surface area contributed by atoms with Gasteiger partial charge in [-0.3, -0.25) is 4.79 Å². The Bertz CT molecular complexity index is 185. The first-order chi connectivity index (χ1) is 6.72. The normalized spacial score (nSPS) is 23.4. The summed E-state index contributed by atoms with van der Waals surface area (Å²) in [5, 5.41) is 11.2. The summed E-state index contributed by atoms with van der Waals surface area (Å²) < 4.78 is 0. The Balaban J connectivity index is 2.08. The maximum absolute atomic E-state index is 10.7. The fraction of sp³-hybridized carbons (Fsp3) is 0.900. The Morgan fingerprint density at radius 2 is 2.43 bits per heavy atom. The minimum atomic E-state index is -0.398. The van der Waals surface area contributed by atoms with E-state index in [0.29, 0.717) is 12.5 Å². The highest BCUT2D eigenvalue weighted by Crippen LogP contribution is 2.17. The van der Waals surface area contributed by atoms with E-state index in [4.69, 9.17) is 5.11 Å². The number of carbonyl (C=O) groups is 1. The molecule has 1 aliphatic heterocycles. The monoisotopic (exact) mass is 200 g/mol. The van der Waals surface area contributed by atoms with Gasteiger partial charge in [-0.05, 0) is 38.8 Å². The van der Waals surface area contributed by atoms with Crippen molar-refractivity contribution in [1.82, 2.24) is 10.2 Å². The fourth-order valence-electron chi connectivity index (χ4n) is 1.98. The number of hydrogen-bond acceptors (Lipinski definition) is 3. The summed E-state index contributed by atoms with van der Waals surface area (Å²) in [6, 6.07) is 0. The van der Waals surface area contributed by atoms with E-state index in [1.807, 2.05) is 0 Å². The molecule has 1 aliphatic rings. The zero-order chi connectivity index (χ0) is 10.4. The van der Waals surface area contributed by atoms with Crippen molar-refractivity contribution in [1.29, 1.82) is 0 Å². The number of carbonyl (C=O) groups excluding carboxylic acids is 1. The largest absolute Gasteiger partial charge is 0.387 e. The molecule has 0 radical (unpaired) electrons. The first-order valence-corrected chi connectivity index (χ1v) is 5.28. The third-order valence-corrected chi connectivity index (χ3v) is 2.74. The van der Waals surface area contributed by atoms with Crippen LogP contribution in [-0.2, 0) is 4.79 Å². The highest BCUT2D eigenvalue weighted by Gasteiger charge is 2.16. The zero-order valence-electron chi connectivity index (χ0n) is 8.83. The number of rotatable bonds is 4. The number of amides is 1. The molecule has 0 spiro atoms. The molecule has 1 fully saturated rings. The van der Waals surface area contributed by atoms with Gasteiger partial charge < -0.3 is 15.3 Å². The molecule has 0 aromatic heterocycles. The predicted molar refractivity (Wildman–Crippen MR) is 54.9 cm³/mol. The molecule has 2 N–H and O–H groups in total. The number of piperidine rings is 1. The van der Waals surface area contributed by atoms with Crippen LogP contribution in [0.1, 0.15) is 19.3 Å². The van der Waals surface area contributed by atoms with Crippen molar-refractivity contribution in [3.8, 4) is 0 Å². The summed E-state index contributed by atoms with van der Waals surface area (Å²) in [6.07, 6.45) is 3.55. The quantitative estimate of drug-likeness (QED) is 0.662. The molecule has 4 heteroatoms. The SMILES string of the molecule is CN1CCCC(CCNC(=O)CO)C1. The van der Waals surface area contributed by atoms with E-state index in [2.05, 4.69) is 17.3 Å². The molecule has 1 rings (SSSR count). The van der Waals surface area contributed by atoms with E-state index in [0.717, 1.165) is 13.0 Å². The van der Waals surface area contributed by atoms with E-state index < -0.39 is 6.61 Å². The van der Waals surface area contributed by atoms with E-state index in [9.17, 15) is 4.79 Å². The molecular formula is C10H20N2O2. The van der Waals surface area contributed by atoms with Crippen molar-refractivity contribution >= 4 is 5.91 Å². The van der Waals surface area contributed by atoms with Crippen LogP contribution in [0.2, 0.25) is 0 Å². The second kappa shape index (κ2) is 5.98. The van der Waals surface area contributed by atoms with Crippen LogP contribution in [-0.4, -0.2) is 49.2 Å². The number of nitrogens with one attached hydrogen (secondary N) is 1. The van der Waals surface area contributed by atoms with Crippen molar-refractivity contribution in [3.05, 3.63) is 0 Å². The van der Waals surface area contributed by atoms with Gasteiger partial charge in [0.25, 0.3) is 0 Å². The van der Waals surface area contributed by atoms with Crippen molar-refractivity contribution in [2.24, 2.45) is 5.92 Å². The number of aliphatic hydroxyl groups is 1. The molecule has 0 saturated carbocycles. The van der Waals surface area contributed by atoms with Crippen LogP contribution in [0.25, 0.3) is 0 Å². The van der Waals surface area contributed by atoms with Crippen LogP contribution in [0.3, 0.4) is 0 Å². The minimum Gasteiger partial charge on any atom is -0.387 e. The van der Waals surface area contributed by atoms with Gasteiger partial charge in [-0.2, -0.15) is 0 Å². The van der Waals surface area contributed by atoms with Crippen LogP contribution in [0.15, 0.2) is 0 Å². The number of nitrogens with zero attached hydrogens (tertiary/aromatic N) is 1. The lowest BCUT2D eigenvalue weighted by atomic mass is 9.95. The van der Waals surface area contributed by atoms with Crippen LogP contribution in [0, 0.1) is 5.92 Å². The average Bonchev–Trinajstić information content (AvgIpc) is 2.17. The molecule has 1 heterocycles.